The van der Waals surface area contributed by atoms with Crippen LogP contribution < -0.4 is 11.1 Å². The van der Waals surface area contributed by atoms with Gasteiger partial charge in [-0.1, -0.05) is 43.7 Å². The van der Waals surface area contributed by atoms with Gasteiger partial charge in [0.2, 0.25) is 0 Å². The second-order valence-electron chi connectivity index (χ2n) is 4.57. The minimum Gasteiger partial charge on any atom is -0.309 e. The van der Waals surface area contributed by atoms with Crippen molar-refractivity contribution in [2.75, 3.05) is 0 Å². The Labute approximate surface area is 111 Å². The zero-order valence-corrected chi connectivity index (χ0v) is 11.1. The second-order valence-corrected chi connectivity index (χ2v) is 4.57. The molecule has 0 spiro atoms. The van der Waals surface area contributed by atoms with Crippen LogP contribution in [-0.4, -0.2) is 9.13 Å². The standard InChI is InChI=1S/C15H18N2O2/c1-2-3-9-16-10-11-17(15(19)14(16)18)12-13-7-5-4-6-8-13/h4-8,10-11H,2-3,9,12H2,1H3. The summed E-state index contributed by atoms with van der Waals surface area (Å²) in [5.74, 6) is 0. The van der Waals surface area contributed by atoms with Gasteiger partial charge in [0.15, 0.2) is 0 Å². The summed E-state index contributed by atoms with van der Waals surface area (Å²) in [6, 6.07) is 9.64. The molecular formula is C15H18N2O2. The highest BCUT2D eigenvalue weighted by Crippen LogP contribution is 1.99. The third-order valence-electron chi connectivity index (χ3n) is 3.08. The van der Waals surface area contributed by atoms with Crippen molar-refractivity contribution in [3.05, 3.63) is 69.0 Å². The molecule has 4 heteroatoms. The number of unbranched alkanes of at least 4 members (excludes halogenated alkanes) is 1. The van der Waals surface area contributed by atoms with E-state index in [1.807, 2.05) is 30.3 Å². The molecule has 0 aliphatic rings. The second kappa shape index (κ2) is 6.18. The fourth-order valence-corrected chi connectivity index (χ4v) is 1.95. The van der Waals surface area contributed by atoms with Crippen LogP contribution in [0.4, 0.5) is 0 Å². The number of benzene rings is 1. The average Bonchev–Trinajstić information content (AvgIpc) is 2.44. The minimum absolute atomic E-state index is 0.434. The monoisotopic (exact) mass is 258 g/mol. The Bertz CT molecular complexity index is 641. The van der Waals surface area contributed by atoms with Crippen LogP contribution in [0.3, 0.4) is 0 Å². The van der Waals surface area contributed by atoms with Gasteiger partial charge in [-0.05, 0) is 12.0 Å². The number of hydrogen-bond donors (Lipinski definition) is 0. The van der Waals surface area contributed by atoms with Crippen molar-refractivity contribution in [1.82, 2.24) is 9.13 Å². The zero-order chi connectivity index (χ0) is 13.7. The normalized spacial score (nSPS) is 10.6. The Morgan fingerprint density at radius 1 is 0.947 bits per heavy atom. The van der Waals surface area contributed by atoms with Crippen molar-refractivity contribution in [3.63, 3.8) is 0 Å². The van der Waals surface area contributed by atoms with E-state index in [2.05, 4.69) is 6.92 Å². The van der Waals surface area contributed by atoms with Gasteiger partial charge in [0.1, 0.15) is 0 Å². The van der Waals surface area contributed by atoms with E-state index in [4.69, 9.17) is 0 Å². The maximum Gasteiger partial charge on any atom is 0.316 e. The Hall–Kier alpha value is -2.10. The van der Waals surface area contributed by atoms with Gasteiger partial charge in [-0.2, -0.15) is 0 Å². The summed E-state index contributed by atoms with van der Waals surface area (Å²) in [5, 5.41) is 0. The van der Waals surface area contributed by atoms with E-state index in [-0.39, 0.29) is 0 Å². The van der Waals surface area contributed by atoms with E-state index >= 15 is 0 Å². The van der Waals surface area contributed by atoms with Crippen LogP contribution in [0.25, 0.3) is 0 Å². The number of aryl methyl sites for hydroxylation is 1. The minimum atomic E-state index is -0.456. The summed E-state index contributed by atoms with van der Waals surface area (Å²) >= 11 is 0. The summed E-state index contributed by atoms with van der Waals surface area (Å²) in [4.78, 5) is 23.9. The van der Waals surface area contributed by atoms with Crippen molar-refractivity contribution in [2.24, 2.45) is 0 Å². The Morgan fingerprint density at radius 3 is 2.26 bits per heavy atom. The smallest absolute Gasteiger partial charge is 0.309 e. The molecule has 2 aromatic rings. The molecule has 19 heavy (non-hydrogen) atoms. The molecule has 0 saturated carbocycles. The third-order valence-corrected chi connectivity index (χ3v) is 3.08. The lowest BCUT2D eigenvalue weighted by atomic mass is 10.2. The van der Waals surface area contributed by atoms with Gasteiger partial charge in [0.05, 0.1) is 6.54 Å². The zero-order valence-electron chi connectivity index (χ0n) is 11.1. The first-order chi connectivity index (χ1) is 9.22. The van der Waals surface area contributed by atoms with Crippen LogP contribution in [0.5, 0.6) is 0 Å². The quantitative estimate of drug-likeness (QED) is 0.768. The summed E-state index contributed by atoms with van der Waals surface area (Å²) in [7, 11) is 0. The molecule has 0 bridgehead atoms. The van der Waals surface area contributed by atoms with Crippen molar-refractivity contribution in [2.45, 2.75) is 32.9 Å². The molecule has 0 atom stereocenters. The van der Waals surface area contributed by atoms with Gasteiger partial charge >= 0.3 is 11.1 Å². The molecule has 0 amide bonds. The molecule has 4 nitrogen and oxygen atoms in total. The van der Waals surface area contributed by atoms with Gasteiger partial charge in [-0.15, -0.1) is 0 Å². The molecule has 1 heterocycles. The molecule has 0 aliphatic heterocycles. The molecule has 0 aliphatic carbocycles. The lowest BCUT2D eigenvalue weighted by molar-refractivity contribution is 0.585. The SMILES string of the molecule is CCCCn1ccn(Cc2ccccc2)c(=O)c1=O. The molecule has 0 saturated heterocycles. The first-order valence-corrected chi connectivity index (χ1v) is 6.56. The Balaban J connectivity index is 2.27. The van der Waals surface area contributed by atoms with E-state index in [1.165, 1.54) is 9.13 Å². The fourth-order valence-electron chi connectivity index (χ4n) is 1.95. The van der Waals surface area contributed by atoms with Gasteiger partial charge in [0.25, 0.3) is 0 Å². The Kier molecular flexibility index (Phi) is 4.34. The predicted octanol–water partition coefficient (Wildman–Crippen LogP) is 1.86. The molecule has 100 valence electrons. The maximum atomic E-state index is 12.0. The molecule has 1 aromatic heterocycles. The lowest BCUT2D eigenvalue weighted by Gasteiger charge is -2.08. The van der Waals surface area contributed by atoms with Crippen molar-refractivity contribution < 1.29 is 0 Å². The summed E-state index contributed by atoms with van der Waals surface area (Å²) in [5.41, 5.74) is 0.115. The molecule has 0 N–H and O–H groups in total. The molecule has 0 unspecified atom stereocenters. The van der Waals surface area contributed by atoms with Gasteiger partial charge in [-0.3, -0.25) is 9.59 Å². The van der Waals surface area contributed by atoms with Gasteiger partial charge in [-0.25, -0.2) is 0 Å². The van der Waals surface area contributed by atoms with E-state index in [1.54, 1.807) is 12.4 Å². The maximum absolute atomic E-state index is 12.0. The Morgan fingerprint density at radius 2 is 1.58 bits per heavy atom. The number of nitrogens with zero attached hydrogens (tertiary/aromatic N) is 2. The largest absolute Gasteiger partial charge is 0.316 e. The van der Waals surface area contributed by atoms with E-state index in [9.17, 15) is 9.59 Å². The highest BCUT2D eigenvalue weighted by Gasteiger charge is 2.04. The predicted molar refractivity (Wildman–Crippen MR) is 75.4 cm³/mol. The van der Waals surface area contributed by atoms with Crippen LogP contribution in [-0.2, 0) is 13.1 Å². The van der Waals surface area contributed by atoms with Crippen LogP contribution in [0, 0.1) is 0 Å². The number of aromatic nitrogens is 2. The molecular weight excluding hydrogens is 240 g/mol. The summed E-state index contributed by atoms with van der Waals surface area (Å²) in [6.45, 7) is 3.10. The van der Waals surface area contributed by atoms with Crippen molar-refractivity contribution in [3.8, 4) is 0 Å². The van der Waals surface area contributed by atoms with Crippen LogP contribution >= 0.6 is 0 Å². The summed E-state index contributed by atoms with van der Waals surface area (Å²) < 4.78 is 2.95. The highest BCUT2D eigenvalue weighted by molar-refractivity contribution is 5.15. The van der Waals surface area contributed by atoms with Crippen molar-refractivity contribution >= 4 is 0 Å². The highest BCUT2D eigenvalue weighted by atomic mass is 16.2. The molecule has 2 rings (SSSR count). The van der Waals surface area contributed by atoms with E-state index in [0.29, 0.717) is 13.1 Å². The number of hydrogen-bond acceptors (Lipinski definition) is 2. The molecule has 0 fully saturated rings. The van der Waals surface area contributed by atoms with E-state index < -0.39 is 11.1 Å². The van der Waals surface area contributed by atoms with Crippen LogP contribution in [0.2, 0.25) is 0 Å². The van der Waals surface area contributed by atoms with E-state index in [0.717, 1.165) is 18.4 Å². The first kappa shape index (κ1) is 13.3. The molecule has 0 radical (unpaired) electrons. The lowest BCUT2D eigenvalue weighted by Crippen LogP contribution is -2.40. The topological polar surface area (TPSA) is 44.0 Å². The average molecular weight is 258 g/mol. The van der Waals surface area contributed by atoms with Gasteiger partial charge < -0.3 is 9.13 Å². The molecule has 1 aromatic carbocycles. The number of rotatable bonds is 5. The summed E-state index contributed by atoms with van der Waals surface area (Å²) in [6.07, 6.45) is 5.29. The van der Waals surface area contributed by atoms with Crippen molar-refractivity contribution in [1.29, 1.82) is 0 Å². The van der Waals surface area contributed by atoms with Gasteiger partial charge in [0, 0.05) is 18.9 Å². The van der Waals surface area contributed by atoms with Crippen LogP contribution in [0.15, 0.2) is 52.3 Å². The van der Waals surface area contributed by atoms with Crippen LogP contribution in [0.1, 0.15) is 25.3 Å². The third kappa shape index (κ3) is 3.22. The fraction of sp³-hybridized carbons (Fsp3) is 0.333. The first-order valence-electron chi connectivity index (χ1n) is 6.56.